The summed E-state index contributed by atoms with van der Waals surface area (Å²) in [5.74, 6) is 2.25. The van der Waals surface area contributed by atoms with Gasteiger partial charge in [0.15, 0.2) is 0 Å². The highest BCUT2D eigenvalue weighted by atomic mass is 32.2. The third-order valence-electron chi connectivity index (χ3n) is 5.09. The fraction of sp³-hybridized carbons (Fsp3) is 0.650. The zero-order valence-corrected chi connectivity index (χ0v) is 15.9. The highest BCUT2D eigenvalue weighted by Gasteiger charge is 2.28. The molecule has 5 heteroatoms. The number of carbonyl (C=O) groups is 1. The molecule has 0 N–H and O–H groups in total. The SMILES string of the molecule is O=C(CCSCc1ccccc1)N1CCCC[C@H]1CN1CCOCC1. The summed E-state index contributed by atoms with van der Waals surface area (Å²) in [6.45, 7) is 5.63. The number of ether oxygens (including phenoxy) is 1. The van der Waals surface area contributed by atoms with Gasteiger partial charge in [0.2, 0.25) is 5.91 Å². The molecule has 1 atom stereocenters. The normalized spacial score (nSPS) is 22.1. The van der Waals surface area contributed by atoms with E-state index >= 15 is 0 Å². The lowest BCUT2D eigenvalue weighted by Gasteiger charge is -2.39. The summed E-state index contributed by atoms with van der Waals surface area (Å²) in [7, 11) is 0. The van der Waals surface area contributed by atoms with Crippen molar-refractivity contribution in [3.8, 4) is 0 Å². The Morgan fingerprint density at radius 2 is 1.92 bits per heavy atom. The van der Waals surface area contributed by atoms with Crippen LogP contribution in [0.25, 0.3) is 0 Å². The zero-order valence-electron chi connectivity index (χ0n) is 15.1. The maximum absolute atomic E-state index is 12.7. The first kappa shape index (κ1) is 18.7. The van der Waals surface area contributed by atoms with Crippen molar-refractivity contribution in [2.75, 3.05) is 45.1 Å². The van der Waals surface area contributed by atoms with Crippen LogP contribution in [0.4, 0.5) is 0 Å². The van der Waals surface area contributed by atoms with Gasteiger partial charge in [-0.2, -0.15) is 11.8 Å². The Kier molecular flexibility index (Phi) is 7.64. The summed E-state index contributed by atoms with van der Waals surface area (Å²) in [5.41, 5.74) is 1.34. The molecule has 1 amide bonds. The highest BCUT2D eigenvalue weighted by molar-refractivity contribution is 7.98. The van der Waals surface area contributed by atoms with Gasteiger partial charge in [-0.1, -0.05) is 30.3 Å². The fourth-order valence-corrected chi connectivity index (χ4v) is 4.56. The van der Waals surface area contributed by atoms with Crippen molar-refractivity contribution in [1.82, 2.24) is 9.80 Å². The van der Waals surface area contributed by atoms with E-state index in [2.05, 4.69) is 34.1 Å². The van der Waals surface area contributed by atoms with Crippen LogP contribution < -0.4 is 0 Å². The lowest BCUT2D eigenvalue weighted by molar-refractivity contribution is -0.135. The van der Waals surface area contributed by atoms with Crippen LogP contribution in [-0.2, 0) is 15.3 Å². The Labute approximate surface area is 155 Å². The van der Waals surface area contributed by atoms with Crippen molar-refractivity contribution in [2.45, 2.75) is 37.5 Å². The van der Waals surface area contributed by atoms with E-state index in [-0.39, 0.29) is 0 Å². The number of carbonyl (C=O) groups excluding carboxylic acids is 1. The molecular formula is C20H30N2O2S. The maximum Gasteiger partial charge on any atom is 0.223 e. The monoisotopic (exact) mass is 362 g/mol. The lowest BCUT2D eigenvalue weighted by atomic mass is 10.0. The number of rotatable bonds is 7. The zero-order chi connectivity index (χ0) is 17.3. The molecule has 2 aliphatic rings. The predicted molar refractivity (Wildman–Crippen MR) is 104 cm³/mol. The van der Waals surface area contributed by atoms with Crippen LogP contribution >= 0.6 is 11.8 Å². The van der Waals surface area contributed by atoms with Crippen molar-refractivity contribution >= 4 is 17.7 Å². The van der Waals surface area contributed by atoms with Gasteiger partial charge in [-0.25, -0.2) is 0 Å². The highest BCUT2D eigenvalue weighted by Crippen LogP contribution is 2.21. The van der Waals surface area contributed by atoms with Crippen LogP contribution in [0.3, 0.4) is 0 Å². The molecule has 0 bridgehead atoms. The lowest BCUT2D eigenvalue weighted by Crippen LogP contribution is -2.51. The Hall–Kier alpha value is -1.04. The molecule has 138 valence electrons. The van der Waals surface area contributed by atoms with Gasteiger partial charge in [0, 0.05) is 50.1 Å². The minimum Gasteiger partial charge on any atom is -0.379 e. The van der Waals surface area contributed by atoms with E-state index in [1.54, 1.807) is 0 Å². The molecule has 0 aromatic heterocycles. The van der Waals surface area contributed by atoms with Crippen LogP contribution in [0, 0.1) is 0 Å². The number of piperidine rings is 1. The molecule has 25 heavy (non-hydrogen) atoms. The quantitative estimate of drug-likeness (QED) is 0.698. The molecule has 0 spiro atoms. The minimum atomic E-state index is 0.346. The van der Waals surface area contributed by atoms with Gasteiger partial charge < -0.3 is 9.64 Å². The predicted octanol–water partition coefficient (Wildman–Crippen LogP) is 3.02. The maximum atomic E-state index is 12.7. The number of thioether (sulfide) groups is 1. The molecule has 3 rings (SSSR count). The topological polar surface area (TPSA) is 32.8 Å². The summed E-state index contributed by atoms with van der Waals surface area (Å²) < 4.78 is 5.44. The number of amides is 1. The summed E-state index contributed by atoms with van der Waals surface area (Å²) in [6, 6.07) is 10.9. The minimum absolute atomic E-state index is 0.346. The summed E-state index contributed by atoms with van der Waals surface area (Å²) in [6.07, 6.45) is 4.22. The van der Waals surface area contributed by atoms with E-state index in [0.717, 1.165) is 63.7 Å². The molecule has 4 nitrogen and oxygen atoms in total. The summed E-state index contributed by atoms with van der Waals surface area (Å²) in [5, 5.41) is 0. The molecule has 0 radical (unpaired) electrons. The van der Waals surface area contributed by atoms with Gasteiger partial charge in [0.05, 0.1) is 13.2 Å². The van der Waals surface area contributed by atoms with Crippen LogP contribution in [0.5, 0.6) is 0 Å². The Bertz CT molecular complexity index is 520. The number of morpholine rings is 1. The second-order valence-electron chi connectivity index (χ2n) is 6.94. The Morgan fingerprint density at radius 1 is 1.12 bits per heavy atom. The van der Waals surface area contributed by atoms with E-state index < -0.39 is 0 Å². The molecule has 2 fully saturated rings. The van der Waals surface area contributed by atoms with Gasteiger partial charge in [0.25, 0.3) is 0 Å². The summed E-state index contributed by atoms with van der Waals surface area (Å²) in [4.78, 5) is 17.4. The largest absolute Gasteiger partial charge is 0.379 e. The van der Waals surface area contributed by atoms with Crippen LogP contribution in [-0.4, -0.2) is 66.9 Å². The Morgan fingerprint density at radius 3 is 2.72 bits per heavy atom. The van der Waals surface area contributed by atoms with E-state index in [1.807, 2.05) is 17.8 Å². The third kappa shape index (κ3) is 6.01. The number of hydrogen-bond acceptors (Lipinski definition) is 4. The van der Waals surface area contributed by atoms with E-state index in [4.69, 9.17) is 4.74 Å². The van der Waals surface area contributed by atoms with E-state index in [0.29, 0.717) is 18.4 Å². The molecule has 0 unspecified atom stereocenters. The van der Waals surface area contributed by atoms with Crippen molar-refractivity contribution < 1.29 is 9.53 Å². The van der Waals surface area contributed by atoms with Gasteiger partial charge in [-0.3, -0.25) is 9.69 Å². The number of hydrogen-bond donors (Lipinski definition) is 0. The van der Waals surface area contributed by atoms with Crippen molar-refractivity contribution in [3.05, 3.63) is 35.9 Å². The van der Waals surface area contributed by atoms with Crippen molar-refractivity contribution in [3.63, 3.8) is 0 Å². The standard InChI is InChI=1S/C20H30N2O2S/c23-20(9-15-25-17-18-6-2-1-3-7-18)22-10-5-4-8-19(22)16-21-11-13-24-14-12-21/h1-3,6-7,19H,4-5,8-17H2/t19-/m0/s1. The first-order valence-corrected chi connectivity index (χ1v) is 10.7. The number of benzene rings is 1. The number of likely N-dealkylation sites (tertiary alicyclic amines) is 1. The molecule has 0 saturated carbocycles. The first-order valence-electron chi connectivity index (χ1n) is 9.54. The van der Waals surface area contributed by atoms with Gasteiger partial charge in [0.1, 0.15) is 0 Å². The molecule has 2 heterocycles. The van der Waals surface area contributed by atoms with Gasteiger partial charge in [-0.15, -0.1) is 0 Å². The van der Waals surface area contributed by atoms with Crippen LogP contribution in [0.1, 0.15) is 31.2 Å². The second kappa shape index (κ2) is 10.2. The molecule has 2 aliphatic heterocycles. The Balaban J connectivity index is 1.42. The smallest absolute Gasteiger partial charge is 0.223 e. The third-order valence-corrected chi connectivity index (χ3v) is 6.12. The van der Waals surface area contributed by atoms with Gasteiger partial charge in [-0.05, 0) is 24.8 Å². The molecule has 1 aromatic carbocycles. The number of nitrogens with zero attached hydrogens (tertiary/aromatic N) is 2. The van der Waals surface area contributed by atoms with Crippen molar-refractivity contribution in [1.29, 1.82) is 0 Å². The van der Waals surface area contributed by atoms with Crippen LogP contribution in [0.15, 0.2) is 30.3 Å². The van der Waals surface area contributed by atoms with E-state index in [1.165, 1.54) is 12.0 Å². The molecule has 1 aromatic rings. The van der Waals surface area contributed by atoms with Gasteiger partial charge >= 0.3 is 0 Å². The molecular weight excluding hydrogens is 332 g/mol. The van der Waals surface area contributed by atoms with Crippen LogP contribution in [0.2, 0.25) is 0 Å². The first-order chi connectivity index (χ1) is 12.3. The molecule has 0 aliphatic carbocycles. The summed E-state index contributed by atoms with van der Waals surface area (Å²) >= 11 is 1.86. The average Bonchev–Trinajstić information content (AvgIpc) is 2.67. The second-order valence-corrected chi connectivity index (χ2v) is 8.04. The van der Waals surface area contributed by atoms with E-state index in [9.17, 15) is 4.79 Å². The average molecular weight is 363 g/mol. The van der Waals surface area contributed by atoms with Crippen molar-refractivity contribution in [2.24, 2.45) is 0 Å². The molecule has 2 saturated heterocycles. The fourth-order valence-electron chi connectivity index (χ4n) is 3.67.